The molecule has 14 heteroatoms. The maximum Gasteiger partial charge on any atom is 0.264 e. The summed E-state index contributed by atoms with van der Waals surface area (Å²) in [5.74, 6) is 0.485. The van der Waals surface area contributed by atoms with Gasteiger partial charge in [0.25, 0.3) is 10.1 Å². The van der Waals surface area contributed by atoms with Gasteiger partial charge < -0.3 is 23.7 Å². The van der Waals surface area contributed by atoms with Gasteiger partial charge in [0.05, 0.1) is 50.7 Å². The molecule has 0 amide bonds. The normalized spacial score (nSPS) is 12.8. The molecule has 0 N–H and O–H groups in total. The molecular formula is C22H40N2O10S2. The van der Waals surface area contributed by atoms with E-state index in [-0.39, 0.29) is 13.2 Å². The van der Waals surface area contributed by atoms with Gasteiger partial charge in [0, 0.05) is 58.8 Å². The highest BCUT2D eigenvalue weighted by molar-refractivity contribution is 7.85. The fourth-order valence-corrected chi connectivity index (χ4v) is 3.50. The van der Waals surface area contributed by atoms with E-state index in [9.17, 15) is 12.6 Å². The van der Waals surface area contributed by atoms with Gasteiger partial charge in [-0.05, 0) is 6.42 Å². The molecule has 1 aromatic heterocycles. The Labute approximate surface area is 217 Å². The first-order valence-electron chi connectivity index (χ1n) is 11.5. The Bertz CT molecular complexity index is 842. The molecule has 0 saturated carbocycles. The van der Waals surface area contributed by atoms with Crippen LogP contribution in [0.1, 0.15) is 17.8 Å². The van der Waals surface area contributed by atoms with E-state index in [1.165, 1.54) is 6.26 Å². The lowest BCUT2D eigenvalue weighted by atomic mass is 10.3. The van der Waals surface area contributed by atoms with Gasteiger partial charge in [0.1, 0.15) is 25.6 Å². The minimum absolute atomic E-state index is 0.0121. The van der Waals surface area contributed by atoms with Crippen LogP contribution in [0.4, 0.5) is 0 Å². The van der Waals surface area contributed by atoms with Gasteiger partial charge in [0.2, 0.25) is 0 Å². The van der Waals surface area contributed by atoms with Crippen molar-refractivity contribution in [3.63, 3.8) is 0 Å². The molecule has 0 fully saturated rings. The summed E-state index contributed by atoms with van der Waals surface area (Å²) in [5.41, 5.74) is 0.810. The fourth-order valence-electron chi connectivity index (χ4n) is 2.88. The first-order chi connectivity index (χ1) is 17.2. The number of methoxy groups -OCH3 is 2. The largest absolute Gasteiger partial charge is 0.492 e. The summed E-state index contributed by atoms with van der Waals surface area (Å²) in [4.78, 5) is 6.51. The van der Waals surface area contributed by atoms with E-state index in [4.69, 9.17) is 32.1 Å². The number of pyridine rings is 1. The Morgan fingerprint density at radius 3 is 2.11 bits per heavy atom. The quantitative estimate of drug-likeness (QED) is 0.139. The summed E-state index contributed by atoms with van der Waals surface area (Å²) >= 11 is -1.47. The second-order valence-electron chi connectivity index (χ2n) is 7.67. The van der Waals surface area contributed by atoms with Gasteiger partial charge >= 0.3 is 0 Å². The average Bonchev–Trinajstić information content (AvgIpc) is 2.82. The molecule has 1 atom stereocenters. The highest BCUT2D eigenvalue weighted by atomic mass is 32.2. The monoisotopic (exact) mass is 556 g/mol. The Hall–Kier alpha value is -1.23. The zero-order valence-corrected chi connectivity index (χ0v) is 23.3. The van der Waals surface area contributed by atoms with Gasteiger partial charge in [-0.15, -0.1) is 0 Å². The Morgan fingerprint density at radius 1 is 0.861 bits per heavy atom. The third-order valence-electron chi connectivity index (χ3n) is 4.55. The molecule has 0 aliphatic rings. The van der Waals surface area contributed by atoms with Gasteiger partial charge in [-0.2, -0.15) is 8.42 Å². The van der Waals surface area contributed by atoms with Gasteiger partial charge in [-0.1, -0.05) is 0 Å². The number of hydrogen-bond acceptors (Lipinski definition) is 12. The number of rotatable bonds is 23. The van der Waals surface area contributed by atoms with Crippen LogP contribution in [-0.2, 0) is 61.7 Å². The molecule has 0 saturated heterocycles. The third kappa shape index (κ3) is 18.1. The first-order valence-corrected chi connectivity index (χ1v) is 14.8. The van der Waals surface area contributed by atoms with E-state index < -0.39 is 21.2 Å². The lowest BCUT2D eigenvalue weighted by molar-refractivity contribution is 0.0183. The van der Waals surface area contributed by atoms with Crippen LogP contribution in [0.15, 0.2) is 12.1 Å². The van der Waals surface area contributed by atoms with E-state index >= 15 is 0 Å². The summed E-state index contributed by atoms with van der Waals surface area (Å²) in [6, 6.07) is 3.28. The highest BCUT2D eigenvalue weighted by Gasteiger charge is 2.11. The van der Waals surface area contributed by atoms with Crippen molar-refractivity contribution < 1.29 is 44.7 Å². The van der Waals surface area contributed by atoms with E-state index in [1.54, 1.807) is 26.4 Å². The van der Waals surface area contributed by atoms with Crippen LogP contribution in [0.25, 0.3) is 0 Å². The molecule has 1 heterocycles. The smallest absolute Gasteiger partial charge is 0.264 e. The van der Waals surface area contributed by atoms with Crippen LogP contribution < -0.4 is 4.74 Å². The van der Waals surface area contributed by atoms with Crippen LogP contribution >= 0.6 is 0 Å². The fraction of sp³-hybridized carbons (Fsp3) is 0.773. The summed E-state index contributed by atoms with van der Waals surface area (Å²) < 4.78 is 71.0. The molecule has 1 unspecified atom stereocenters. The predicted molar refractivity (Wildman–Crippen MR) is 135 cm³/mol. The highest BCUT2D eigenvalue weighted by Crippen LogP contribution is 2.17. The zero-order valence-electron chi connectivity index (χ0n) is 21.6. The number of hydrogen-bond donors (Lipinski definition) is 0. The van der Waals surface area contributed by atoms with Gasteiger partial charge in [-0.25, -0.2) is 4.21 Å². The topological polar surface area (TPSA) is 132 Å². The summed E-state index contributed by atoms with van der Waals surface area (Å²) in [6.07, 6.45) is 3.24. The minimum Gasteiger partial charge on any atom is -0.492 e. The van der Waals surface area contributed by atoms with Crippen molar-refractivity contribution in [1.29, 1.82) is 0 Å². The van der Waals surface area contributed by atoms with Gasteiger partial charge in [-0.3, -0.25) is 18.3 Å². The van der Waals surface area contributed by atoms with Crippen LogP contribution in [0.5, 0.6) is 5.75 Å². The van der Waals surface area contributed by atoms with Crippen LogP contribution in [0.3, 0.4) is 0 Å². The molecule has 0 aromatic carbocycles. The Kier molecular flexibility index (Phi) is 18.1. The molecule has 0 aliphatic carbocycles. The molecule has 1 aromatic rings. The minimum atomic E-state index is -3.64. The molecule has 12 nitrogen and oxygen atoms in total. The Balaban J connectivity index is 2.62. The molecule has 0 bridgehead atoms. The van der Waals surface area contributed by atoms with E-state index in [2.05, 4.69) is 9.88 Å². The first kappa shape index (κ1) is 32.8. The van der Waals surface area contributed by atoms with Crippen molar-refractivity contribution in [2.75, 3.05) is 92.6 Å². The lowest BCUT2D eigenvalue weighted by Gasteiger charge is -2.22. The van der Waals surface area contributed by atoms with E-state index in [0.717, 1.165) is 25.8 Å². The maximum atomic E-state index is 11.3. The van der Waals surface area contributed by atoms with Crippen LogP contribution in [0, 0.1) is 0 Å². The van der Waals surface area contributed by atoms with Crippen molar-refractivity contribution in [3.8, 4) is 5.75 Å². The zero-order chi connectivity index (χ0) is 26.7. The lowest BCUT2D eigenvalue weighted by Crippen LogP contribution is -2.33. The maximum absolute atomic E-state index is 11.3. The molecular weight excluding hydrogens is 516 g/mol. The van der Waals surface area contributed by atoms with Crippen molar-refractivity contribution in [3.05, 3.63) is 23.5 Å². The summed E-state index contributed by atoms with van der Waals surface area (Å²) in [5, 5.41) is 0. The number of nitrogens with zero attached hydrogens (tertiary/aromatic N) is 2. The standard InChI is InChI=1S/C22H40N2O10S2/c1-28-9-5-6-24(7-10-30-14-15-31-13-12-29-2)8-11-32-22-16-20(18-33-35(3)25)23-21(17-22)19-34-36(4,26)27/h16-17H,5-15,18-19H2,1-4H3. The average molecular weight is 557 g/mol. The molecule has 1 rings (SSSR count). The van der Waals surface area contributed by atoms with E-state index in [1.807, 2.05) is 0 Å². The van der Waals surface area contributed by atoms with Crippen LogP contribution in [0.2, 0.25) is 0 Å². The van der Waals surface area contributed by atoms with Crippen molar-refractivity contribution >= 4 is 21.2 Å². The second kappa shape index (κ2) is 19.8. The molecule has 0 aliphatic heterocycles. The van der Waals surface area contributed by atoms with Gasteiger partial charge in [0.15, 0.2) is 11.1 Å². The Morgan fingerprint density at radius 2 is 1.47 bits per heavy atom. The van der Waals surface area contributed by atoms with Crippen molar-refractivity contribution in [1.82, 2.24) is 9.88 Å². The molecule has 210 valence electrons. The van der Waals surface area contributed by atoms with E-state index in [0.29, 0.717) is 69.9 Å². The second-order valence-corrected chi connectivity index (χ2v) is 10.4. The third-order valence-corrected chi connectivity index (χ3v) is 5.55. The van der Waals surface area contributed by atoms with Crippen LogP contribution in [-0.4, -0.2) is 115 Å². The molecule has 0 radical (unpaired) electrons. The number of aromatic nitrogens is 1. The van der Waals surface area contributed by atoms with Crippen molar-refractivity contribution in [2.24, 2.45) is 0 Å². The number of ether oxygens (including phenoxy) is 5. The molecule has 0 spiro atoms. The summed E-state index contributed by atoms with van der Waals surface area (Å²) in [6.45, 7) is 5.63. The van der Waals surface area contributed by atoms with Crippen molar-refractivity contribution in [2.45, 2.75) is 19.6 Å². The predicted octanol–water partition coefficient (Wildman–Crippen LogP) is 0.765. The molecule has 36 heavy (non-hydrogen) atoms. The SMILES string of the molecule is COCCCN(CCOCCOCCOC)CCOc1cc(COS(C)=O)nc(COS(C)(=O)=O)c1. The summed E-state index contributed by atoms with van der Waals surface area (Å²) in [7, 11) is -0.334.